The Labute approximate surface area is 133 Å². The summed E-state index contributed by atoms with van der Waals surface area (Å²) in [4.78, 5) is 28.7. The van der Waals surface area contributed by atoms with Crippen molar-refractivity contribution in [2.45, 2.75) is 18.7 Å². The molecule has 1 aliphatic rings. The largest absolute Gasteiger partial charge is 0.339 e. The fourth-order valence-electron chi connectivity index (χ4n) is 2.47. The SMILES string of the molecule is CC(C)C(=O)N1CCN(C(=O)c2ccc([S@@](C)=O)cc2)CC1. The lowest BCUT2D eigenvalue weighted by molar-refractivity contribution is -0.135. The molecule has 1 fully saturated rings. The van der Waals surface area contributed by atoms with Crippen molar-refractivity contribution in [1.29, 1.82) is 0 Å². The van der Waals surface area contributed by atoms with Crippen LogP contribution in [0.4, 0.5) is 0 Å². The molecule has 2 amide bonds. The minimum Gasteiger partial charge on any atom is -0.339 e. The third-order valence-electron chi connectivity index (χ3n) is 3.81. The highest BCUT2D eigenvalue weighted by Crippen LogP contribution is 2.13. The molecule has 1 aliphatic heterocycles. The molecular formula is C16H22N2O3S. The maximum Gasteiger partial charge on any atom is 0.253 e. The second-order valence-corrected chi connectivity index (χ2v) is 7.13. The summed E-state index contributed by atoms with van der Waals surface area (Å²) in [7, 11) is -1.04. The minimum atomic E-state index is -1.04. The molecule has 0 aliphatic carbocycles. The number of piperazine rings is 1. The van der Waals surface area contributed by atoms with Gasteiger partial charge in [0.05, 0.1) is 0 Å². The third-order valence-corrected chi connectivity index (χ3v) is 4.74. The van der Waals surface area contributed by atoms with Crippen LogP contribution >= 0.6 is 0 Å². The second-order valence-electron chi connectivity index (χ2n) is 5.75. The Morgan fingerprint density at radius 3 is 1.95 bits per heavy atom. The number of carbonyl (C=O) groups is 2. The van der Waals surface area contributed by atoms with Gasteiger partial charge in [-0.1, -0.05) is 13.8 Å². The Kier molecular flexibility index (Phi) is 5.34. The van der Waals surface area contributed by atoms with Crippen LogP contribution in [-0.2, 0) is 15.6 Å². The average Bonchev–Trinajstić information content (AvgIpc) is 2.53. The number of nitrogens with zero attached hydrogens (tertiary/aromatic N) is 2. The van der Waals surface area contributed by atoms with E-state index in [4.69, 9.17) is 0 Å². The van der Waals surface area contributed by atoms with Gasteiger partial charge in [0.25, 0.3) is 5.91 Å². The molecule has 1 heterocycles. The van der Waals surface area contributed by atoms with Gasteiger partial charge in [-0.3, -0.25) is 13.8 Å². The van der Waals surface area contributed by atoms with Gasteiger partial charge < -0.3 is 9.80 Å². The van der Waals surface area contributed by atoms with Gasteiger partial charge in [0.1, 0.15) is 0 Å². The zero-order chi connectivity index (χ0) is 16.3. The van der Waals surface area contributed by atoms with E-state index in [0.29, 0.717) is 36.6 Å². The van der Waals surface area contributed by atoms with Crippen molar-refractivity contribution in [2.75, 3.05) is 32.4 Å². The maximum atomic E-state index is 12.4. The first kappa shape index (κ1) is 16.7. The van der Waals surface area contributed by atoms with E-state index < -0.39 is 10.8 Å². The van der Waals surface area contributed by atoms with Crippen LogP contribution in [0.25, 0.3) is 0 Å². The molecule has 2 rings (SSSR count). The van der Waals surface area contributed by atoms with E-state index in [0.717, 1.165) is 0 Å². The zero-order valence-electron chi connectivity index (χ0n) is 13.2. The summed E-state index contributed by atoms with van der Waals surface area (Å²) < 4.78 is 11.4. The molecule has 0 unspecified atom stereocenters. The summed E-state index contributed by atoms with van der Waals surface area (Å²) in [6.45, 7) is 6.05. The van der Waals surface area contributed by atoms with Crippen LogP contribution in [0, 0.1) is 5.92 Å². The van der Waals surface area contributed by atoms with Crippen molar-refractivity contribution >= 4 is 22.6 Å². The fraction of sp³-hybridized carbons (Fsp3) is 0.500. The summed E-state index contributed by atoms with van der Waals surface area (Å²) >= 11 is 0. The molecular weight excluding hydrogens is 300 g/mol. The maximum absolute atomic E-state index is 12.4. The van der Waals surface area contributed by atoms with Gasteiger partial charge in [-0.15, -0.1) is 0 Å². The Morgan fingerprint density at radius 1 is 1.00 bits per heavy atom. The summed E-state index contributed by atoms with van der Waals surface area (Å²) in [5.74, 6) is 0.0941. The molecule has 120 valence electrons. The van der Waals surface area contributed by atoms with Gasteiger partial charge >= 0.3 is 0 Å². The molecule has 0 radical (unpaired) electrons. The van der Waals surface area contributed by atoms with E-state index >= 15 is 0 Å². The minimum absolute atomic E-state index is 0.00953. The predicted octanol–water partition coefficient (Wildman–Crippen LogP) is 1.36. The first-order valence-corrected chi connectivity index (χ1v) is 8.97. The number of amides is 2. The topological polar surface area (TPSA) is 57.7 Å². The van der Waals surface area contributed by atoms with Crippen molar-refractivity contribution in [3.8, 4) is 0 Å². The fourth-order valence-corrected chi connectivity index (χ4v) is 2.99. The standard InChI is InChI=1S/C16H22N2O3S/c1-12(2)15(19)17-8-10-18(11-9-17)16(20)13-4-6-14(7-5-13)22(3)21/h4-7,12H,8-11H2,1-3H3/t22-/m1/s1. The van der Waals surface area contributed by atoms with Crippen LogP contribution < -0.4 is 0 Å². The molecule has 6 heteroatoms. The van der Waals surface area contributed by atoms with Gasteiger partial charge in [0.2, 0.25) is 5.91 Å². The van der Waals surface area contributed by atoms with Crippen LogP contribution in [0.3, 0.4) is 0 Å². The average molecular weight is 322 g/mol. The lowest BCUT2D eigenvalue weighted by Crippen LogP contribution is -2.51. The van der Waals surface area contributed by atoms with Crippen molar-refractivity contribution in [2.24, 2.45) is 5.92 Å². The lowest BCUT2D eigenvalue weighted by atomic mass is 10.1. The normalized spacial score (nSPS) is 16.7. The van der Waals surface area contributed by atoms with E-state index in [1.807, 2.05) is 18.7 Å². The lowest BCUT2D eigenvalue weighted by Gasteiger charge is -2.35. The van der Waals surface area contributed by atoms with Crippen LogP contribution in [0.2, 0.25) is 0 Å². The van der Waals surface area contributed by atoms with Gasteiger partial charge in [-0.2, -0.15) is 0 Å². The first-order chi connectivity index (χ1) is 10.4. The molecule has 0 N–H and O–H groups in total. The number of benzene rings is 1. The summed E-state index contributed by atoms with van der Waals surface area (Å²) in [5, 5.41) is 0. The molecule has 0 spiro atoms. The van der Waals surface area contributed by atoms with Crippen molar-refractivity contribution in [3.05, 3.63) is 29.8 Å². The van der Waals surface area contributed by atoms with E-state index in [1.165, 1.54) is 0 Å². The number of hydrogen-bond donors (Lipinski definition) is 0. The molecule has 0 saturated carbocycles. The van der Waals surface area contributed by atoms with Crippen LogP contribution in [0.15, 0.2) is 29.2 Å². The molecule has 1 aromatic rings. The van der Waals surface area contributed by atoms with Gasteiger partial charge in [0.15, 0.2) is 0 Å². The van der Waals surface area contributed by atoms with E-state index in [-0.39, 0.29) is 17.7 Å². The molecule has 1 atom stereocenters. The number of carbonyl (C=O) groups excluding carboxylic acids is 2. The summed E-state index contributed by atoms with van der Waals surface area (Å²) in [6.07, 6.45) is 1.61. The summed E-state index contributed by atoms with van der Waals surface area (Å²) in [6, 6.07) is 6.87. The van der Waals surface area contributed by atoms with Gasteiger partial charge in [0, 0.05) is 59.6 Å². The van der Waals surface area contributed by atoms with Crippen molar-refractivity contribution in [1.82, 2.24) is 9.80 Å². The Morgan fingerprint density at radius 2 is 1.50 bits per heavy atom. The van der Waals surface area contributed by atoms with Crippen LogP contribution in [0.5, 0.6) is 0 Å². The molecule has 22 heavy (non-hydrogen) atoms. The predicted molar refractivity (Wildman–Crippen MR) is 86.1 cm³/mol. The molecule has 0 bridgehead atoms. The molecule has 1 aromatic carbocycles. The van der Waals surface area contributed by atoms with Crippen molar-refractivity contribution < 1.29 is 13.8 Å². The molecule has 1 saturated heterocycles. The first-order valence-electron chi connectivity index (χ1n) is 7.41. The van der Waals surface area contributed by atoms with Crippen LogP contribution in [-0.4, -0.2) is 58.3 Å². The van der Waals surface area contributed by atoms with E-state index in [9.17, 15) is 13.8 Å². The van der Waals surface area contributed by atoms with E-state index in [1.54, 1.807) is 35.4 Å². The smallest absolute Gasteiger partial charge is 0.253 e. The van der Waals surface area contributed by atoms with Crippen LogP contribution in [0.1, 0.15) is 24.2 Å². The van der Waals surface area contributed by atoms with Crippen molar-refractivity contribution in [3.63, 3.8) is 0 Å². The Hall–Kier alpha value is -1.69. The highest BCUT2D eigenvalue weighted by molar-refractivity contribution is 7.84. The quantitative estimate of drug-likeness (QED) is 0.844. The third kappa shape index (κ3) is 3.74. The highest BCUT2D eigenvalue weighted by atomic mass is 32.2. The highest BCUT2D eigenvalue weighted by Gasteiger charge is 2.25. The number of hydrogen-bond acceptors (Lipinski definition) is 3. The monoisotopic (exact) mass is 322 g/mol. The zero-order valence-corrected chi connectivity index (χ0v) is 14.1. The molecule has 5 nitrogen and oxygen atoms in total. The van der Waals surface area contributed by atoms with E-state index in [2.05, 4.69) is 0 Å². The Bertz CT molecular complexity index is 576. The van der Waals surface area contributed by atoms with Gasteiger partial charge in [-0.25, -0.2) is 0 Å². The summed E-state index contributed by atoms with van der Waals surface area (Å²) in [5.41, 5.74) is 0.595. The number of rotatable bonds is 3. The second kappa shape index (κ2) is 7.05. The molecule has 0 aromatic heterocycles. The Balaban J connectivity index is 1.97. The van der Waals surface area contributed by atoms with Gasteiger partial charge in [-0.05, 0) is 24.3 Å².